The molecule has 2 aliphatic rings. The number of hydrogen-bond donors (Lipinski definition) is 2. The van der Waals surface area contributed by atoms with Crippen LogP contribution in [0, 0.1) is 11.8 Å². The van der Waals surface area contributed by atoms with Crippen molar-refractivity contribution in [3.05, 3.63) is 59.7 Å². The van der Waals surface area contributed by atoms with Gasteiger partial charge in [-0.1, -0.05) is 48.5 Å². The Labute approximate surface area is 171 Å². The molecular weight excluding hydrogens is 366 g/mol. The first-order valence-electron chi connectivity index (χ1n) is 10.4. The van der Waals surface area contributed by atoms with Crippen LogP contribution in [0.1, 0.15) is 49.1 Å². The minimum absolute atomic E-state index is 0.0689. The molecule has 0 atom stereocenters. The maximum Gasteiger partial charge on any atom is 0.407 e. The second kappa shape index (κ2) is 8.68. The number of rotatable bonds is 6. The average Bonchev–Trinajstić information content (AvgIpc) is 3.06. The Morgan fingerprint density at radius 3 is 2.10 bits per heavy atom. The first-order chi connectivity index (χ1) is 14.1. The number of carbonyl (C=O) groups is 2. The topological polar surface area (TPSA) is 75.6 Å². The predicted octanol–water partition coefficient (Wildman–Crippen LogP) is 4.81. The highest BCUT2D eigenvalue weighted by Gasteiger charge is 2.29. The lowest BCUT2D eigenvalue weighted by Crippen LogP contribution is -2.29. The molecule has 2 N–H and O–H groups in total. The van der Waals surface area contributed by atoms with E-state index in [0.29, 0.717) is 19.1 Å². The molecule has 2 aliphatic carbocycles. The first kappa shape index (κ1) is 19.5. The summed E-state index contributed by atoms with van der Waals surface area (Å²) in [4.78, 5) is 23.2. The minimum Gasteiger partial charge on any atom is -0.481 e. The Kier molecular flexibility index (Phi) is 5.84. The fourth-order valence-electron chi connectivity index (χ4n) is 4.73. The van der Waals surface area contributed by atoms with E-state index in [1.54, 1.807) is 0 Å². The second-order valence-electron chi connectivity index (χ2n) is 8.10. The number of carboxylic acids is 1. The van der Waals surface area contributed by atoms with Crippen LogP contribution >= 0.6 is 0 Å². The van der Waals surface area contributed by atoms with Crippen LogP contribution in [-0.4, -0.2) is 30.3 Å². The molecule has 0 heterocycles. The van der Waals surface area contributed by atoms with Gasteiger partial charge in [-0.2, -0.15) is 0 Å². The standard InChI is InChI=1S/C24H27NO4/c26-23(27)17-11-9-16(10-12-17)13-14-25-24(28)29-15-22-20-7-3-1-5-18(20)19-6-2-4-8-21(19)22/h1-8,16-17,22H,9-15H2,(H,25,28)(H,26,27). The normalized spacial score (nSPS) is 20.6. The number of hydrogen-bond acceptors (Lipinski definition) is 3. The zero-order valence-electron chi connectivity index (χ0n) is 16.5. The van der Waals surface area contributed by atoms with E-state index in [9.17, 15) is 9.59 Å². The van der Waals surface area contributed by atoms with Gasteiger partial charge in [-0.15, -0.1) is 0 Å². The number of amides is 1. The number of nitrogens with one attached hydrogen (secondary N) is 1. The number of aliphatic carboxylic acids is 1. The first-order valence-corrected chi connectivity index (χ1v) is 10.4. The van der Waals surface area contributed by atoms with Crippen LogP contribution in [0.4, 0.5) is 4.79 Å². The highest BCUT2D eigenvalue weighted by Crippen LogP contribution is 2.44. The molecule has 5 nitrogen and oxygen atoms in total. The Bertz CT molecular complexity index is 840. The van der Waals surface area contributed by atoms with Crippen molar-refractivity contribution in [2.75, 3.05) is 13.2 Å². The van der Waals surface area contributed by atoms with Crippen LogP contribution in [0.25, 0.3) is 11.1 Å². The third-order valence-corrected chi connectivity index (χ3v) is 6.36. The van der Waals surface area contributed by atoms with Crippen molar-refractivity contribution in [3.8, 4) is 11.1 Å². The summed E-state index contributed by atoms with van der Waals surface area (Å²) in [5, 5.41) is 11.9. The highest BCUT2D eigenvalue weighted by molar-refractivity contribution is 5.79. The molecular formula is C24H27NO4. The molecule has 2 aromatic rings. The SMILES string of the molecule is O=C(NCCC1CCC(C(=O)O)CC1)OCC1c2ccccc2-c2ccccc21. The van der Waals surface area contributed by atoms with Gasteiger partial charge in [-0.3, -0.25) is 4.79 Å². The Hall–Kier alpha value is -2.82. The lowest BCUT2D eigenvalue weighted by molar-refractivity contribution is -0.143. The van der Waals surface area contributed by atoms with Crippen molar-refractivity contribution in [1.29, 1.82) is 0 Å². The van der Waals surface area contributed by atoms with E-state index in [-0.39, 0.29) is 17.9 Å². The van der Waals surface area contributed by atoms with Crippen molar-refractivity contribution in [2.45, 2.75) is 38.0 Å². The molecule has 0 saturated heterocycles. The zero-order valence-corrected chi connectivity index (χ0v) is 16.5. The lowest BCUT2D eigenvalue weighted by atomic mass is 9.80. The molecule has 0 aromatic heterocycles. The number of carbonyl (C=O) groups excluding carboxylic acids is 1. The quantitative estimate of drug-likeness (QED) is 0.739. The van der Waals surface area contributed by atoms with Crippen LogP contribution < -0.4 is 5.32 Å². The van der Waals surface area contributed by atoms with Gasteiger partial charge in [-0.05, 0) is 60.3 Å². The molecule has 152 valence electrons. The fourth-order valence-corrected chi connectivity index (χ4v) is 4.73. The van der Waals surface area contributed by atoms with Crippen LogP contribution in [0.15, 0.2) is 48.5 Å². The van der Waals surface area contributed by atoms with E-state index in [2.05, 4.69) is 29.6 Å². The number of fused-ring (bicyclic) bond motifs is 3. The Morgan fingerprint density at radius 2 is 1.52 bits per heavy atom. The maximum absolute atomic E-state index is 12.2. The molecule has 0 aliphatic heterocycles. The van der Waals surface area contributed by atoms with E-state index in [0.717, 1.165) is 32.1 Å². The molecule has 0 spiro atoms. The summed E-state index contributed by atoms with van der Waals surface area (Å²) >= 11 is 0. The fraction of sp³-hybridized carbons (Fsp3) is 0.417. The van der Waals surface area contributed by atoms with E-state index < -0.39 is 5.97 Å². The molecule has 29 heavy (non-hydrogen) atoms. The summed E-state index contributed by atoms with van der Waals surface area (Å²) in [6.45, 7) is 0.892. The van der Waals surface area contributed by atoms with E-state index >= 15 is 0 Å². The van der Waals surface area contributed by atoms with Crippen molar-refractivity contribution in [3.63, 3.8) is 0 Å². The molecule has 0 radical (unpaired) electrons. The van der Waals surface area contributed by atoms with Crippen LogP contribution in [0.3, 0.4) is 0 Å². The van der Waals surface area contributed by atoms with Crippen molar-refractivity contribution >= 4 is 12.1 Å². The third kappa shape index (κ3) is 4.29. The van der Waals surface area contributed by atoms with Crippen LogP contribution in [0.2, 0.25) is 0 Å². The van der Waals surface area contributed by atoms with Gasteiger partial charge in [0.2, 0.25) is 0 Å². The van der Waals surface area contributed by atoms with Gasteiger partial charge in [0.25, 0.3) is 0 Å². The van der Waals surface area contributed by atoms with Gasteiger partial charge >= 0.3 is 12.1 Å². The van der Waals surface area contributed by atoms with E-state index in [1.165, 1.54) is 22.3 Å². The minimum atomic E-state index is -0.680. The second-order valence-corrected chi connectivity index (χ2v) is 8.10. The van der Waals surface area contributed by atoms with Gasteiger partial charge in [0.15, 0.2) is 0 Å². The number of alkyl carbamates (subject to hydrolysis) is 1. The molecule has 0 unspecified atom stereocenters. The molecule has 4 rings (SSSR count). The van der Waals surface area contributed by atoms with Gasteiger partial charge < -0.3 is 15.2 Å². The largest absolute Gasteiger partial charge is 0.481 e. The smallest absolute Gasteiger partial charge is 0.407 e. The monoisotopic (exact) mass is 393 g/mol. The number of carboxylic acid groups (broad SMARTS) is 1. The molecule has 0 bridgehead atoms. The van der Waals surface area contributed by atoms with Gasteiger partial charge in [0, 0.05) is 12.5 Å². The summed E-state index contributed by atoms with van der Waals surface area (Å²) in [5.74, 6) is -0.319. The Morgan fingerprint density at radius 1 is 0.931 bits per heavy atom. The molecule has 1 amide bonds. The van der Waals surface area contributed by atoms with Crippen molar-refractivity contribution in [1.82, 2.24) is 5.32 Å². The molecule has 1 saturated carbocycles. The zero-order chi connectivity index (χ0) is 20.2. The summed E-state index contributed by atoms with van der Waals surface area (Å²) in [6.07, 6.45) is 3.81. The van der Waals surface area contributed by atoms with Crippen molar-refractivity contribution in [2.24, 2.45) is 11.8 Å². The number of benzene rings is 2. The van der Waals surface area contributed by atoms with Gasteiger partial charge in [-0.25, -0.2) is 4.79 Å². The summed E-state index contributed by atoms with van der Waals surface area (Å²) in [5.41, 5.74) is 4.84. The average molecular weight is 393 g/mol. The molecule has 2 aromatic carbocycles. The number of ether oxygens (including phenoxy) is 1. The predicted molar refractivity (Wildman–Crippen MR) is 111 cm³/mol. The van der Waals surface area contributed by atoms with Gasteiger partial charge in [0.05, 0.1) is 5.92 Å². The molecule has 1 fully saturated rings. The highest BCUT2D eigenvalue weighted by atomic mass is 16.5. The summed E-state index contributed by atoms with van der Waals surface area (Å²) in [7, 11) is 0. The van der Waals surface area contributed by atoms with Crippen LogP contribution in [0.5, 0.6) is 0 Å². The van der Waals surface area contributed by atoms with Gasteiger partial charge in [0.1, 0.15) is 6.61 Å². The summed E-state index contributed by atoms with van der Waals surface area (Å²) in [6, 6.07) is 16.6. The van der Waals surface area contributed by atoms with Crippen molar-refractivity contribution < 1.29 is 19.4 Å². The third-order valence-electron chi connectivity index (χ3n) is 6.36. The maximum atomic E-state index is 12.2. The molecule has 5 heteroatoms. The lowest BCUT2D eigenvalue weighted by Gasteiger charge is -2.26. The van der Waals surface area contributed by atoms with Crippen LogP contribution in [-0.2, 0) is 9.53 Å². The summed E-state index contributed by atoms with van der Waals surface area (Å²) < 4.78 is 5.55. The van der Waals surface area contributed by atoms with E-state index in [1.807, 2.05) is 24.3 Å². The Balaban J connectivity index is 1.25. The van der Waals surface area contributed by atoms with E-state index in [4.69, 9.17) is 9.84 Å².